The molecule has 1 aromatic heterocycles. The van der Waals surface area contributed by atoms with Crippen LogP contribution in [0.3, 0.4) is 0 Å². The molecule has 0 saturated heterocycles. The van der Waals surface area contributed by atoms with Crippen molar-refractivity contribution in [3.63, 3.8) is 0 Å². The number of carbonyl (C=O) groups is 2. The molecule has 30 heavy (non-hydrogen) atoms. The van der Waals surface area contributed by atoms with Crippen LogP contribution in [0.5, 0.6) is 5.75 Å². The first-order valence-electron chi connectivity index (χ1n) is 9.26. The fraction of sp³-hybridized carbons (Fsp3) is 0.227. The van der Waals surface area contributed by atoms with E-state index in [1.807, 2.05) is 6.92 Å². The Morgan fingerprint density at radius 2 is 1.83 bits per heavy atom. The van der Waals surface area contributed by atoms with E-state index in [1.54, 1.807) is 68.4 Å². The van der Waals surface area contributed by atoms with E-state index in [0.717, 1.165) is 5.56 Å². The van der Waals surface area contributed by atoms with Gasteiger partial charge in [0.25, 0.3) is 5.91 Å². The molecule has 2 aromatic carbocycles. The van der Waals surface area contributed by atoms with Crippen LogP contribution in [0.4, 0.5) is 5.82 Å². The molecule has 0 aliphatic carbocycles. The molecule has 156 valence electrons. The number of halogens is 1. The minimum atomic E-state index is -1.19. The van der Waals surface area contributed by atoms with E-state index in [1.165, 1.54) is 0 Å². The maximum Gasteiger partial charge on any atom is 0.348 e. The number of benzene rings is 2. The summed E-state index contributed by atoms with van der Waals surface area (Å²) in [5.41, 5.74) is 1.29. The molecule has 8 heteroatoms. The Bertz CT molecular complexity index is 1040. The first-order valence-corrected chi connectivity index (χ1v) is 9.63. The Hall–Kier alpha value is -3.32. The van der Waals surface area contributed by atoms with Gasteiger partial charge in [-0.2, -0.15) is 0 Å². The first kappa shape index (κ1) is 21.4. The number of anilines is 1. The maximum absolute atomic E-state index is 12.8. The van der Waals surface area contributed by atoms with Gasteiger partial charge >= 0.3 is 5.97 Å². The highest BCUT2D eigenvalue weighted by Gasteiger charge is 2.29. The lowest BCUT2D eigenvalue weighted by Crippen LogP contribution is -2.32. The SMILES string of the molecule is Cc1cc(NC(=O)C(OC(=O)C(C)Oc2ccc(Cl)cc2C)c2ccccc2)no1. The number of carbonyl (C=O) groups excluding carboxylic acids is 2. The number of hydrogen-bond acceptors (Lipinski definition) is 6. The van der Waals surface area contributed by atoms with E-state index < -0.39 is 24.1 Å². The van der Waals surface area contributed by atoms with Crippen LogP contribution in [0.25, 0.3) is 0 Å². The lowest BCUT2D eigenvalue weighted by molar-refractivity contribution is -0.161. The van der Waals surface area contributed by atoms with Crippen molar-refractivity contribution in [2.24, 2.45) is 0 Å². The minimum Gasteiger partial charge on any atom is -0.479 e. The molecule has 0 bridgehead atoms. The van der Waals surface area contributed by atoms with Crippen LogP contribution in [0, 0.1) is 13.8 Å². The highest BCUT2D eigenvalue weighted by molar-refractivity contribution is 6.30. The molecule has 0 saturated carbocycles. The maximum atomic E-state index is 12.8. The van der Waals surface area contributed by atoms with Crippen LogP contribution >= 0.6 is 11.6 Å². The van der Waals surface area contributed by atoms with Crippen LogP contribution < -0.4 is 10.1 Å². The van der Waals surface area contributed by atoms with Crippen LogP contribution in [0.1, 0.15) is 29.9 Å². The van der Waals surface area contributed by atoms with E-state index in [-0.39, 0.29) is 5.82 Å². The summed E-state index contributed by atoms with van der Waals surface area (Å²) in [4.78, 5) is 25.5. The predicted octanol–water partition coefficient (Wildman–Crippen LogP) is 4.64. The van der Waals surface area contributed by atoms with E-state index >= 15 is 0 Å². The quantitative estimate of drug-likeness (QED) is 0.551. The highest BCUT2D eigenvalue weighted by atomic mass is 35.5. The minimum absolute atomic E-state index is 0.232. The molecular formula is C22H21ClN2O5. The number of aromatic nitrogens is 1. The highest BCUT2D eigenvalue weighted by Crippen LogP contribution is 2.25. The van der Waals surface area contributed by atoms with Crippen molar-refractivity contribution in [2.45, 2.75) is 33.0 Å². The fourth-order valence-corrected chi connectivity index (χ4v) is 2.94. The molecule has 1 heterocycles. The third-order valence-corrected chi connectivity index (χ3v) is 4.46. The second-order valence-electron chi connectivity index (χ2n) is 6.71. The zero-order valence-corrected chi connectivity index (χ0v) is 17.5. The molecule has 0 spiro atoms. The number of ether oxygens (including phenoxy) is 2. The van der Waals surface area contributed by atoms with Gasteiger partial charge in [0, 0.05) is 16.7 Å². The molecule has 0 aliphatic rings. The molecule has 0 radical (unpaired) electrons. The summed E-state index contributed by atoms with van der Waals surface area (Å²) in [5, 5.41) is 6.90. The molecule has 1 N–H and O–H groups in total. The van der Waals surface area contributed by atoms with Crippen molar-refractivity contribution in [3.05, 3.63) is 76.5 Å². The van der Waals surface area contributed by atoms with Gasteiger partial charge in [0.05, 0.1) is 0 Å². The number of esters is 1. The van der Waals surface area contributed by atoms with Crippen molar-refractivity contribution in [1.29, 1.82) is 0 Å². The van der Waals surface area contributed by atoms with E-state index in [9.17, 15) is 9.59 Å². The molecule has 3 rings (SSSR count). The van der Waals surface area contributed by atoms with Gasteiger partial charge in [-0.25, -0.2) is 4.79 Å². The van der Waals surface area contributed by atoms with Crippen molar-refractivity contribution in [1.82, 2.24) is 5.16 Å². The third-order valence-electron chi connectivity index (χ3n) is 4.23. The molecule has 3 aromatic rings. The second-order valence-corrected chi connectivity index (χ2v) is 7.15. The Balaban J connectivity index is 1.74. The summed E-state index contributed by atoms with van der Waals surface area (Å²) in [7, 11) is 0. The molecular weight excluding hydrogens is 408 g/mol. The molecule has 0 aliphatic heterocycles. The number of hydrogen-bond donors (Lipinski definition) is 1. The number of nitrogens with zero attached hydrogens (tertiary/aromatic N) is 1. The second kappa shape index (κ2) is 9.45. The summed E-state index contributed by atoms with van der Waals surface area (Å²) in [6, 6.07) is 15.3. The average Bonchev–Trinajstić information content (AvgIpc) is 3.13. The Labute approximate surface area is 178 Å². The van der Waals surface area contributed by atoms with Crippen molar-refractivity contribution >= 4 is 29.3 Å². The summed E-state index contributed by atoms with van der Waals surface area (Å²) in [6.07, 6.45) is -2.13. The average molecular weight is 429 g/mol. The van der Waals surface area contributed by atoms with Crippen LogP contribution in [0.2, 0.25) is 5.02 Å². The Morgan fingerprint density at radius 3 is 2.47 bits per heavy atom. The lowest BCUT2D eigenvalue weighted by Gasteiger charge is -2.21. The first-order chi connectivity index (χ1) is 14.3. The summed E-state index contributed by atoms with van der Waals surface area (Å²) < 4.78 is 16.2. The number of amides is 1. The van der Waals surface area contributed by atoms with Gasteiger partial charge in [0.1, 0.15) is 11.5 Å². The molecule has 2 atom stereocenters. The number of aryl methyl sites for hydroxylation is 2. The number of nitrogens with one attached hydrogen (secondary N) is 1. The summed E-state index contributed by atoms with van der Waals surface area (Å²) in [5.74, 6) is 0.0273. The lowest BCUT2D eigenvalue weighted by atomic mass is 10.1. The molecule has 7 nitrogen and oxygen atoms in total. The zero-order valence-electron chi connectivity index (χ0n) is 16.7. The molecule has 0 fully saturated rings. The van der Waals surface area contributed by atoms with Gasteiger partial charge < -0.3 is 19.3 Å². The molecule has 1 amide bonds. The van der Waals surface area contributed by atoms with E-state index in [2.05, 4.69) is 10.5 Å². The van der Waals surface area contributed by atoms with Crippen molar-refractivity contribution in [3.8, 4) is 5.75 Å². The monoisotopic (exact) mass is 428 g/mol. The van der Waals surface area contributed by atoms with Gasteiger partial charge in [0.2, 0.25) is 6.10 Å². The third kappa shape index (κ3) is 5.39. The van der Waals surface area contributed by atoms with Gasteiger partial charge in [-0.1, -0.05) is 47.1 Å². The van der Waals surface area contributed by atoms with Crippen LogP contribution in [0.15, 0.2) is 59.1 Å². The fourth-order valence-electron chi connectivity index (χ4n) is 2.71. The van der Waals surface area contributed by atoms with Crippen molar-refractivity contribution < 1.29 is 23.6 Å². The standard InChI is InChI=1S/C22H21ClN2O5/c1-13-11-17(23)9-10-18(13)28-15(3)22(27)29-20(16-7-5-4-6-8-16)21(26)24-19-12-14(2)30-25-19/h4-12,15,20H,1-3H3,(H,24,25,26). The van der Waals surface area contributed by atoms with Gasteiger partial charge in [-0.15, -0.1) is 0 Å². The number of rotatable bonds is 7. The zero-order chi connectivity index (χ0) is 21.7. The Morgan fingerprint density at radius 1 is 1.10 bits per heavy atom. The smallest absolute Gasteiger partial charge is 0.348 e. The van der Waals surface area contributed by atoms with Gasteiger partial charge in [-0.05, 0) is 44.5 Å². The predicted molar refractivity (Wildman–Crippen MR) is 111 cm³/mol. The Kier molecular flexibility index (Phi) is 6.74. The summed E-state index contributed by atoms with van der Waals surface area (Å²) in [6.45, 7) is 5.08. The normalized spacial score (nSPS) is 12.7. The van der Waals surface area contributed by atoms with Crippen LogP contribution in [-0.2, 0) is 14.3 Å². The van der Waals surface area contributed by atoms with Gasteiger partial charge in [-0.3, -0.25) is 4.79 Å². The van der Waals surface area contributed by atoms with Gasteiger partial charge in [0.15, 0.2) is 11.9 Å². The largest absolute Gasteiger partial charge is 0.479 e. The van der Waals surface area contributed by atoms with E-state index in [0.29, 0.717) is 22.1 Å². The van der Waals surface area contributed by atoms with E-state index in [4.69, 9.17) is 25.6 Å². The summed E-state index contributed by atoms with van der Waals surface area (Å²) >= 11 is 5.95. The van der Waals surface area contributed by atoms with Crippen LogP contribution in [-0.4, -0.2) is 23.1 Å². The topological polar surface area (TPSA) is 90.7 Å². The van der Waals surface area contributed by atoms with Crippen molar-refractivity contribution in [2.75, 3.05) is 5.32 Å². The molecule has 2 unspecified atom stereocenters.